The molecule has 112 valence electrons. The number of anilines is 1. The number of amides is 3. The number of carbonyl (C=O) groups excluding carboxylic acids is 2. The molecule has 1 saturated heterocycles. The van der Waals surface area contributed by atoms with Crippen molar-refractivity contribution in [2.75, 3.05) is 4.90 Å². The van der Waals surface area contributed by atoms with Crippen LogP contribution < -0.4 is 10.2 Å². The van der Waals surface area contributed by atoms with E-state index in [1.165, 1.54) is 6.20 Å². The summed E-state index contributed by atoms with van der Waals surface area (Å²) in [5.74, 6) is -0.337. The van der Waals surface area contributed by atoms with E-state index in [1.54, 1.807) is 19.1 Å². The average Bonchev–Trinajstić information content (AvgIpc) is 2.71. The molecule has 1 aliphatic heterocycles. The Morgan fingerprint density at radius 1 is 1.18 bits per heavy atom. The molecule has 3 rings (SSSR count). The molecule has 5 nitrogen and oxygen atoms in total. The van der Waals surface area contributed by atoms with Gasteiger partial charge in [-0.1, -0.05) is 41.9 Å². The lowest BCUT2D eigenvalue weighted by Crippen LogP contribution is -2.46. The second-order valence-corrected chi connectivity index (χ2v) is 5.74. The third-order valence-electron chi connectivity index (χ3n) is 3.64. The van der Waals surface area contributed by atoms with Gasteiger partial charge in [0.05, 0.1) is 5.69 Å². The molecule has 1 atom stereocenters. The fraction of sp³-hybridized carbons (Fsp3) is 0.188. The number of aromatic nitrogens is 1. The van der Waals surface area contributed by atoms with E-state index in [2.05, 4.69) is 10.3 Å². The number of hydrogen-bond acceptors (Lipinski definition) is 3. The lowest BCUT2D eigenvalue weighted by molar-refractivity contribution is -0.121. The fourth-order valence-corrected chi connectivity index (χ4v) is 2.78. The molecule has 3 amide bonds. The van der Waals surface area contributed by atoms with E-state index in [0.717, 1.165) is 10.5 Å². The Balaban J connectivity index is 1.93. The van der Waals surface area contributed by atoms with E-state index in [4.69, 9.17) is 11.6 Å². The van der Waals surface area contributed by atoms with Crippen LogP contribution in [0.25, 0.3) is 0 Å². The van der Waals surface area contributed by atoms with Gasteiger partial charge in [0.1, 0.15) is 5.54 Å². The molecule has 1 N–H and O–H groups in total. The zero-order valence-corrected chi connectivity index (χ0v) is 12.7. The maximum atomic E-state index is 12.8. The smallest absolute Gasteiger partial charge is 0.323 e. The number of benzene rings is 1. The number of carbonyl (C=O) groups is 2. The summed E-state index contributed by atoms with van der Waals surface area (Å²) in [5.41, 5.74) is 0.263. The van der Waals surface area contributed by atoms with Gasteiger partial charge < -0.3 is 5.32 Å². The van der Waals surface area contributed by atoms with Crippen LogP contribution in [0, 0.1) is 0 Å². The standard InChI is InChI=1S/C16H14ClN3O2/c1-16(10-11-6-3-2-4-7-11)14(21)20(15(22)19-16)12-8-5-9-18-13(12)17/h2-9H,10H2,1H3,(H,19,22). The van der Waals surface area contributed by atoms with Crippen LogP contribution in [0.2, 0.25) is 5.15 Å². The number of hydrogen-bond donors (Lipinski definition) is 1. The van der Waals surface area contributed by atoms with E-state index in [9.17, 15) is 9.59 Å². The first-order valence-electron chi connectivity index (χ1n) is 6.82. The van der Waals surface area contributed by atoms with Crippen molar-refractivity contribution < 1.29 is 9.59 Å². The van der Waals surface area contributed by atoms with Crippen molar-refractivity contribution in [3.05, 3.63) is 59.4 Å². The van der Waals surface area contributed by atoms with E-state index >= 15 is 0 Å². The van der Waals surface area contributed by atoms with Gasteiger partial charge in [-0.2, -0.15) is 0 Å². The van der Waals surface area contributed by atoms with Crippen LogP contribution in [0.3, 0.4) is 0 Å². The quantitative estimate of drug-likeness (QED) is 0.700. The molecule has 1 unspecified atom stereocenters. The molecule has 0 saturated carbocycles. The predicted molar refractivity (Wildman–Crippen MR) is 83.8 cm³/mol. The van der Waals surface area contributed by atoms with Crippen LogP contribution in [-0.4, -0.2) is 22.5 Å². The number of imide groups is 1. The summed E-state index contributed by atoms with van der Waals surface area (Å²) in [4.78, 5) is 30.0. The summed E-state index contributed by atoms with van der Waals surface area (Å²) >= 11 is 6.00. The van der Waals surface area contributed by atoms with Crippen LogP contribution in [0.4, 0.5) is 10.5 Å². The average molecular weight is 316 g/mol. The van der Waals surface area contributed by atoms with Gasteiger partial charge in [0.2, 0.25) is 0 Å². The molecule has 0 spiro atoms. The van der Waals surface area contributed by atoms with Gasteiger partial charge >= 0.3 is 6.03 Å². The van der Waals surface area contributed by atoms with Crippen molar-refractivity contribution in [2.24, 2.45) is 0 Å². The first-order chi connectivity index (χ1) is 10.5. The minimum absolute atomic E-state index is 0.120. The molecule has 2 heterocycles. The molecule has 1 aliphatic rings. The Morgan fingerprint density at radius 3 is 2.59 bits per heavy atom. The molecule has 1 aromatic carbocycles. The second-order valence-electron chi connectivity index (χ2n) is 5.38. The Labute approximate surface area is 132 Å². The lowest BCUT2D eigenvalue weighted by Gasteiger charge is -2.21. The van der Waals surface area contributed by atoms with Crippen LogP contribution >= 0.6 is 11.6 Å². The first-order valence-corrected chi connectivity index (χ1v) is 7.20. The van der Waals surface area contributed by atoms with Gasteiger partial charge in [-0.05, 0) is 24.6 Å². The van der Waals surface area contributed by atoms with Gasteiger partial charge in [0.25, 0.3) is 5.91 Å². The molecule has 6 heteroatoms. The van der Waals surface area contributed by atoms with Crippen molar-refractivity contribution >= 4 is 29.2 Å². The normalized spacial score (nSPS) is 21.1. The van der Waals surface area contributed by atoms with Crippen molar-refractivity contribution in [1.29, 1.82) is 0 Å². The van der Waals surface area contributed by atoms with Crippen LogP contribution in [0.5, 0.6) is 0 Å². The largest absolute Gasteiger partial charge is 0.329 e. The Hall–Kier alpha value is -2.40. The van der Waals surface area contributed by atoms with Gasteiger partial charge in [-0.25, -0.2) is 14.7 Å². The zero-order valence-electron chi connectivity index (χ0n) is 11.9. The van der Waals surface area contributed by atoms with Crippen molar-refractivity contribution in [2.45, 2.75) is 18.9 Å². The molecule has 0 aliphatic carbocycles. The van der Waals surface area contributed by atoms with Gasteiger partial charge in [-0.3, -0.25) is 4.79 Å². The number of nitrogens with one attached hydrogen (secondary N) is 1. The van der Waals surface area contributed by atoms with Crippen LogP contribution in [0.1, 0.15) is 12.5 Å². The van der Waals surface area contributed by atoms with E-state index < -0.39 is 11.6 Å². The Bertz CT molecular complexity index is 735. The van der Waals surface area contributed by atoms with Crippen molar-refractivity contribution in [3.63, 3.8) is 0 Å². The minimum atomic E-state index is -1.00. The molecule has 1 aromatic heterocycles. The number of nitrogens with zero attached hydrogens (tertiary/aromatic N) is 2. The maximum Gasteiger partial charge on any atom is 0.329 e. The first kappa shape index (κ1) is 14.5. The van der Waals surface area contributed by atoms with E-state index in [1.807, 2.05) is 30.3 Å². The van der Waals surface area contributed by atoms with Crippen molar-refractivity contribution in [3.8, 4) is 0 Å². The number of halogens is 1. The molecule has 22 heavy (non-hydrogen) atoms. The molecule has 2 aromatic rings. The monoisotopic (exact) mass is 315 g/mol. The highest BCUT2D eigenvalue weighted by atomic mass is 35.5. The third-order valence-corrected chi connectivity index (χ3v) is 3.93. The molecular weight excluding hydrogens is 302 g/mol. The summed E-state index contributed by atoms with van der Waals surface area (Å²) < 4.78 is 0. The summed E-state index contributed by atoms with van der Waals surface area (Å²) in [6.45, 7) is 1.71. The molecular formula is C16H14ClN3O2. The zero-order chi connectivity index (χ0) is 15.7. The minimum Gasteiger partial charge on any atom is -0.323 e. The summed E-state index contributed by atoms with van der Waals surface area (Å²) in [7, 11) is 0. The highest BCUT2D eigenvalue weighted by Gasteiger charge is 2.49. The number of rotatable bonds is 3. The van der Waals surface area contributed by atoms with Gasteiger partial charge in [0.15, 0.2) is 5.15 Å². The SMILES string of the molecule is CC1(Cc2ccccc2)NC(=O)N(c2cccnc2Cl)C1=O. The highest BCUT2D eigenvalue weighted by molar-refractivity contribution is 6.35. The molecule has 0 bridgehead atoms. The molecule has 0 radical (unpaired) electrons. The third kappa shape index (κ3) is 2.44. The van der Waals surface area contributed by atoms with Crippen LogP contribution in [0.15, 0.2) is 48.7 Å². The Kier molecular flexibility index (Phi) is 3.58. The number of urea groups is 1. The maximum absolute atomic E-state index is 12.8. The topological polar surface area (TPSA) is 62.3 Å². The lowest BCUT2D eigenvalue weighted by atomic mass is 9.93. The highest BCUT2D eigenvalue weighted by Crippen LogP contribution is 2.30. The summed E-state index contributed by atoms with van der Waals surface area (Å²) in [6, 6.07) is 12.3. The summed E-state index contributed by atoms with van der Waals surface area (Å²) in [6.07, 6.45) is 1.92. The van der Waals surface area contributed by atoms with Crippen LogP contribution in [-0.2, 0) is 11.2 Å². The molecule has 1 fully saturated rings. The van der Waals surface area contributed by atoms with Gasteiger partial charge in [0, 0.05) is 12.6 Å². The predicted octanol–water partition coefficient (Wildman–Crippen LogP) is 2.79. The summed E-state index contributed by atoms with van der Waals surface area (Å²) in [5, 5.41) is 2.88. The number of pyridine rings is 1. The second kappa shape index (κ2) is 5.42. The van der Waals surface area contributed by atoms with Crippen molar-refractivity contribution in [1.82, 2.24) is 10.3 Å². The Morgan fingerprint density at radius 2 is 1.91 bits per heavy atom. The van der Waals surface area contributed by atoms with E-state index in [-0.39, 0.29) is 11.1 Å². The van der Waals surface area contributed by atoms with Gasteiger partial charge in [-0.15, -0.1) is 0 Å². The fourth-order valence-electron chi connectivity index (χ4n) is 2.57. The van der Waals surface area contributed by atoms with E-state index in [0.29, 0.717) is 12.1 Å².